The monoisotopic (exact) mass is 392 g/mol. The lowest BCUT2D eigenvalue weighted by molar-refractivity contribution is -0.139. The second-order valence-corrected chi connectivity index (χ2v) is 9.93. The first-order chi connectivity index (χ1) is 12.5. The zero-order chi connectivity index (χ0) is 17.9. The smallest absolute Gasteiger partial charge is 0.227 e. The van der Waals surface area contributed by atoms with Crippen molar-refractivity contribution in [3.05, 3.63) is 18.0 Å². The van der Waals surface area contributed by atoms with E-state index in [1.807, 2.05) is 17.9 Å². The highest BCUT2D eigenvalue weighted by Gasteiger charge is 2.51. The summed E-state index contributed by atoms with van der Waals surface area (Å²) in [6, 6.07) is 0. The van der Waals surface area contributed by atoms with Gasteiger partial charge in [0.05, 0.1) is 12.1 Å². The summed E-state index contributed by atoms with van der Waals surface area (Å²) < 4.78 is 1.84. The number of carbonyl (C=O) groups excluding carboxylic acids is 1. The van der Waals surface area contributed by atoms with Crippen molar-refractivity contribution >= 4 is 18.3 Å². The predicted octanol–water partition coefficient (Wildman–Crippen LogP) is 2.82. The Hall–Kier alpha value is -1.07. The van der Waals surface area contributed by atoms with Gasteiger partial charge in [0.2, 0.25) is 5.91 Å². The van der Waals surface area contributed by atoms with Gasteiger partial charge in [0.1, 0.15) is 0 Å². The third-order valence-electron chi connectivity index (χ3n) is 7.80. The summed E-state index contributed by atoms with van der Waals surface area (Å²) >= 11 is 0. The summed E-state index contributed by atoms with van der Waals surface area (Å²) in [6.07, 6.45) is 12.5. The van der Waals surface area contributed by atoms with E-state index in [0.717, 1.165) is 37.4 Å². The molecule has 0 radical (unpaired) electrons. The molecule has 4 saturated carbocycles. The molecule has 0 aromatic carbocycles. The number of amides is 1. The Morgan fingerprint density at radius 3 is 2.41 bits per heavy atom. The molecule has 5 aliphatic rings. The van der Waals surface area contributed by atoms with Crippen LogP contribution in [0.2, 0.25) is 0 Å². The van der Waals surface area contributed by atoms with Crippen LogP contribution < -0.4 is 5.32 Å². The van der Waals surface area contributed by atoms with E-state index in [9.17, 15) is 4.79 Å². The fourth-order valence-electron chi connectivity index (χ4n) is 7.27. The number of aromatic nitrogens is 2. The molecule has 4 bridgehead atoms. The first-order valence-corrected chi connectivity index (χ1v) is 10.5. The third kappa shape index (κ3) is 3.42. The molecule has 1 aliphatic heterocycles. The van der Waals surface area contributed by atoms with Crippen LogP contribution in [-0.4, -0.2) is 47.3 Å². The van der Waals surface area contributed by atoms with E-state index in [1.54, 1.807) is 0 Å². The minimum absolute atomic E-state index is 0. The van der Waals surface area contributed by atoms with Crippen molar-refractivity contribution < 1.29 is 4.79 Å². The largest absolute Gasteiger partial charge is 0.345 e. The zero-order valence-corrected chi connectivity index (χ0v) is 17.4. The summed E-state index contributed by atoms with van der Waals surface area (Å²) in [5, 5.41) is 7.75. The molecule has 0 unspecified atom stereocenters. The fraction of sp³-hybridized carbons (Fsp3) is 0.810. The van der Waals surface area contributed by atoms with Crippen LogP contribution in [0, 0.1) is 29.1 Å². The molecule has 6 rings (SSSR count). The Kier molecular flexibility index (Phi) is 5.04. The van der Waals surface area contributed by atoms with Crippen LogP contribution in [0.3, 0.4) is 0 Å². The molecular formula is C21H33ClN4O. The maximum atomic E-state index is 13.3. The number of carbonyl (C=O) groups is 1. The number of rotatable bonds is 4. The lowest BCUT2D eigenvalue weighted by Gasteiger charge is -2.57. The average Bonchev–Trinajstić information content (AvgIpc) is 3.20. The highest BCUT2D eigenvalue weighted by Crippen LogP contribution is 2.60. The molecule has 1 amide bonds. The normalized spacial score (nSPS) is 39.4. The molecular weight excluding hydrogens is 360 g/mol. The number of nitrogens with zero attached hydrogens (tertiary/aromatic N) is 3. The second kappa shape index (κ2) is 7.07. The Bertz CT molecular complexity index is 667. The average molecular weight is 393 g/mol. The zero-order valence-electron chi connectivity index (χ0n) is 16.6. The first-order valence-electron chi connectivity index (χ1n) is 10.5. The lowest BCUT2D eigenvalue weighted by atomic mass is 9.49. The van der Waals surface area contributed by atoms with Gasteiger partial charge in [0.15, 0.2) is 0 Å². The molecule has 5 nitrogen and oxygen atoms in total. The fourth-order valence-corrected chi connectivity index (χ4v) is 7.27. The van der Waals surface area contributed by atoms with E-state index in [4.69, 9.17) is 0 Å². The van der Waals surface area contributed by atoms with E-state index >= 15 is 0 Å². The van der Waals surface area contributed by atoms with Crippen LogP contribution in [0.25, 0.3) is 0 Å². The topological polar surface area (TPSA) is 50.2 Å². The molecule has 2 atom stereocenters. The van der Waals surface area contributed by atoms with E-state index < -0.39 is 0 Å². The number of halogens is 1. The molecule has 1 aromatic heterocycles. The van der Waals surface area contributed by atoms with Crippen molar-refractivity contribution in [2.75, 3.05) is 26.7 Å². The van der Waals surface area contributed by atoms with E-state index in [-0.39, 0.29) is 24.2 Å². The van der Waals surface area contributed by atoms with Gasteiger partial charge in [-0.25, -0.2) is 0 Å². The third-order valence-corrected chi connectivity index (χ3v) is 7.80. The van der Waals surface area contributed by atoms with Crippen LogP contribution in [-0.2, 0) is 11.8 Å². The maximum Gasteiger partial charge on any atom is 0.227 e. The molecule has 2 heterocycles. The van der Waals surface area contributed by atoms with Crippen LogP contribution >= 0.6 is 12.4 Å². The predicted molar refractivity (Wildman–Crippen MR) is 108 cm³/mol. The summed E-state index contributed by atoms with van der Waals surface area (Å²) in [6.45, 7) is 2.66. The van der Waals surface area contributed by atoms with Crippen molar-refractivity contribution in [3.63, 3.8) is 0 Å². The molecule has 27 heavy (non-hydrogen) atoms. The number of hydrogen-bond acceptors (Lipinski definition) is 3. The van der Waals surface area contributed by atoms with Gasteiger partial charge in [0, 0.05) is 45.8 Å². The molecule has 1 aromatic rings. The molecule has 0 spiro atoms. The van der Waals surface area contributed by atoms with Crippen molar-refractivity contribution in [1.82, 2.24) is 20.0 Å². The number of hydrogen-bond donors (Lipinski definition) is 1. The Labute approximate surface area is 168 Å². The van der Waals surface area contributed by atoms with Crippen molar-refractivity contribution in [2.45, 2.75) is 44.4 Å². The molecule has 4 aliphatic carbocycles. The number of nitrogens with one attached hydrogen (secondary N) is 1. The maximum absolute atomic E-state index is 13.3. The highest BCUT2D eigenvalue weighted by atomic mass is 35.5. The highest BCUT2D eigenvalue weighted by molar-refractivity contribution is 5.85. The van der Waals surface area contributed by atoms with E-state index in [0.29, 0.717) is 11.3 Å². The number of aryl methyl sites for hydroxylation is 1. The molecule has 1 N–H and O–H groups in total. The van der Waals surface area contributed by atoms with Gasteiger partial charge < -0.3 is 10.2 Å². The molecule has 5 fully saturated rings. The lowest BCUT2D eigenvalue weighted by Crippen LogP contribution is -2.52. The Morgan fingerprint density at radius 2 is 1.85 bits per heavy atom. The minimum Gasteiger partial charge on any atom is -0.345 e. The van der Waals surface area contributed by atoms with Gasteiger partial charge in [-0.3, -0.25) is 9.48 Å². The van der Waals surface area contributed by atoms with Gasteiger partial charge in [-0.05, 0) is 67.3 Å². The van der Waals surface area contributed by atoms with Gasteiger partial charge in [0.25, 0.3) is 0 Å². The SMILES string of the molecule is CN(CC12CC3CC(CC(C3)C1)C2)C(=O)[C@H]1CNC[C@@H]1c1cnn(C)c1.Cl. The Balaban J connectivity index is 0.00000180. The van der Waals surface area contributed by atoms with Crippen molar-refractivity contribution in [1.29, 1.82) is 0 Å². The quantitative estimate of drug-likeness (QED) is 0.857. The van der Waals surface area contributed by atoms with Crippen LogP contribution in [0.15, 0.2) is 12.4 Å². The molecule has 6 heteroatoms. The van der Waals surface area contributed by atoms with E-state index in [2.05, 4.69) is 28.6 Å². The van der Waals surface area contributed by atoms with Crippen LogP contribution in [0.1, 0.15) is 50.0 Å². The Morgan fingerprint density at radius 1 is 1.22 bits per heavy atom. The summed E-state index contributed by atoms with van der Waals surface area (Å²) in [4.78, 5) is 15.4. The molecule has 1 saturated heterocycles. The van der Waals surface area contributed by atoms with Gasteiger partial charge in [-0.15, -0.1) is 12.4 Å². The van der Waals surface area contributed by atoms with Crippen LogP contribution in [0.4, 0.5) is 0 Å². The summed E-state index contributed by atoms with van der Waals surface area (Å²) in [5.74, 6) is 3.48. The van der Waals surface area contributed by atoms with Gasteiger partial charge in [-0.1, -0.05) is 0 Å². The van der Waals surface area contributed by atoms with Gasteiger partial charge in [-0.2, -0.15) is 5.10 Å². The van der Waals surface area contributed by atoms with E-state index in [1.165, 1.54) is 44.1 Å². The first kappa shape index (κ1) is 19.3. The van der Waals surface area contributed by atoms with Gasteiger partial charge >= 0.3 is 0 Å². The van der Waals surface area contributed by atoms with Crippen molar-refractivity contribution in [3.8, 4) is 0 Å². The summed E-state index contributed by atoms with van der Waals surface area (Å²) in [5.41, 5.74) is 1.62. The minimum atomic E-state index is 0. The van der Waals surface area contributed by atoms with Crippen LogP contribution in [0.5, 0.6) is 0 Å². The van der Waals surface area contributed by atoms with Crippen molar-refractivity contribution in [2.24, 2.45) is 36.1 Å². The molecule has 150 valence electrons. The second-order valence-electron chi connectivity index (χ2n) is 9.93. The standard InChI is InChI=1S/C21H32N4O.ClH/c1-24(13-21-6-14-3-15(7-21)5-16(4-14)8-21)20(26)19-11-22-10-18(19)17-9-23-25(2)12-17;/h9,12,14-16,18-19,22H,3-8,10-11,13H2,1-2H3;1H/t14?,15?,16?,18-,19+,21?;/m1./s1. The summed E-state index contributed by atoms with van der Waals surface area (Å²) in [7, 11) is 4.00.